The van der Waals surface area contributed by atoms with Crippen molar-refractivity contribution in [3.8, 4) is 5.75 Å². The molecule has 1 aromatic carbocycles. The number of rotatable bonds is 2. The summed E-state index contributed by atoms with van der Waals surface area (Å²) in [6.07, 6.45) is 0. The molecule has 0 heterocycles. The van der Waals surface area contributed by atoms with E-state index in [4.69, 9.17) is 0 Å². The smallest absolute Gasteiger partial charge is 0.228 e. The molecule has 0 fully saturated rings. The van der Waals surface area contributed by atoms with E-state index in [2.05, 4.69) is 20.7 Å². The number of hydrogen-bond donors (Lipinski definition) is 0. The molecule has 1 rings (SSSR count). The number of benzene rings is 1. The predicted octanol–water partition coefficient (Wildman–Crippen LogP) is 2.75. The van der Waals surface area contributed by atoms with Crippen LogP contribution in [0.4, 0.5) is 4.39 Å². The Morgan fingerprint density at radius 1 is 1.40 bits per heavy atom. The van der Waals surface area contributed by atoms with Gasteiger partial charge in [-0.05, 0) is 28.1 Å². The lowest BCUT2D eigenvalue weighted by molar-refractivity contribution is 0.190. The van der Waals surface area contributed by atoms with Crippen LogP contribution in [0.3, 0.4) is 0 Å². The van der Waals surface area contributed by atoms with E-state index in [1.165, 1.54) is 0 Å². The Labute approximate surface area is 66.9 Å². The maximum absolute atomic E-state index is 11.6. The SMILES string of the molecule is FCOc1ccccc1Br. The van der Waals surface area contributed by atoms with Crippen LogP contribution in [-0.2, 0) is 0 Å². The first-order valence-corrected chi connectivity index (χ1v) is 3.57. The molecule has 3 heteroatoms. The van der Waals surface area contributed by atoms with E-state index in [1.807, 2.05) is 6.07 Å². The van der Waals surface area contributed by atoms with Crippen molar-refractivity contribution in [2.24, 2.45) is 0 Å². The van der Waals surface area contributed by atoms with Crippen molar-refractivity contribution in [3.63, 3.8) is 0 Å². The Kier molecular flexibility index (Phi) is 2.68. The van der Waals surface area contributed by atoms with Crippen LogP contribution in [0.15, 0.2) is 28.7 Å². The van der Waals surface area contributed by atoms with Crippen molar-refractivity contribution < 1.29 is 9.13 Å². The molecule has 0 unspecified atom stereocenters. The largest absolute Gasteiger partial charge is 0.462 e. The lowest BCUT2D eigenvalue weighted by atomic mass is 10.3. The number of alkyl halides is 1. The highest BCUT2D eigenvalue weighted by molar-refractivity contribution is 9.10. The first-order valence-electron chi connectivity index (χ1n) is 2.78. The zero-order chi connectivity index (χ0) is 7.40. The molecule has 0 bridgehead atoms. The molecule has 0 aliphatic carbocycles. The summed E-state index contributed by atoms with van der Waals surface area (Å²) in [7, 11) is 0. The quantitative estimate of drug-likeness (QED) is 0.721. The van der Waals surface area contributed by atoms with E-state index >= 15 is 0 Å². The zero-order valence-electron chi connectivity index (χ0n) is 5.18. The van der Waals surface area contributed by atoms with Gasteiger partial charge in [0.15, 0.2) is 0 Å². The van der Waals surface area contributed by atoms with Crippen LogP contribution in [0.25, 0.3) is 0 Å². The average Bonchev–Trinajstić information content (AvgIpc) is 1.94. The standard InChI is InChI=1S/C7H6BrFO/c8-6-3-1-2-4-7(6)10-5-9/h1-4H,5H2. The third kappa shape index (κ3) is 1.70. The molecule has 0 amide bonds. The van der Waals surface area contributed by atoms with E-state index in [9.17, 15) is 4.39 Å². The molecular weight excluding hydrogens is 199 g/mol. The highest BCUT2D eigenvalue weighted by Gasteiger charge is 1.95. The number of para-hydroxylation sites is 1. The summed E-state index contributed by atoms with van der Waals surface area (Å²) in [4.78, 5) is 0. The van der Waals surface area contributed by atoms with Crippen molar-refractivity contribution in [2.45, 2.75) is 0 Å². The lowest BCUT2D eigenvalue weighted by Crippen LogP contribution is -1.89. The first-order chi connectivity index (χ1) is 4.84. The molecule has 0 spiro atoms. The Bertz CT molecular complexity index is 215. The third-order valence-electron chi connectivity index (χ3n) is 1.05. The predicted molar refractivity (Wildman–Crippen MR) is 40.7 cm³/mol. The van der Waals surface area contributed by atoms with Gasteiger partial charge in [0.2, 0.25) is 6.86 Å². The van der Waals surface area contributed by atoms with Gasteiger partial charge in [-0.1, -0.05) is 12.1 Å². The minimum Gasteiger partial charge on any atom is -0.462 e. The number of halogens is 2. The molecule has 0 atom stereocenters. The molecule has 0 N–H and O–H groups in total. The van der Waals surface area contributed by atoms with Gasteiger partial charge >= 0.3 is 0 Å². The molecule has 0 saturated heterocycles. The summed E-state index contributed by atoms with van der Waals surface area (Å²) >= 11 is 3.21. The molecule has 0 aromatic heterocycles. The fraction of sp³-hybridized carbons (Fsp3) is 0.143. The normalized spacial score (nSPS) is 9.40. The van der Waals surface area contributed by atoms with Crippen LogP contribution < -0.4 is 4.74 Å². The van der Waals surface area contributed by atoms with Crippen molar-refractivity contribution in [2.75, 3.05) is 6.86 Å². The molecule has 1 nitrogen and oxygen atoms in total. The Balaban J connectivity index is 2.81. The summed E-state index contributed by atoms with van der Waals surface area (Å²) < 4.78 is 17.0. The molecule has 0 radical (unpaired) electrons. The molecule has 1 aromatic rings. The van der Waals surface area contributed by atoms with Crippen LogP contribution in [-0.4, -0.2) is 6.86 Å². The maximum Gasteiger partial charge on any atom is 0.228 e. The average molecular weight is 205 g/mol. The van der Waals surface area contributed by atoms with Crippen LogP contribution >= 0.6 is 15.9 Å². The van der Waals surface area contributed by atoms with Gasteiger partial charge in [0, 0.05) is 0 Å². The molecule has 0 aliphatic heterocycles. The molecule has 54 valence electrons. The first kappa shape index (κ1) is 7.54. The van der Waals surface area contributed by atoms with E-state index in [-0.39, 0.29) is 0 Å². The van der Waals surface area contributed by atoms with E-state index < -0.39 is 6.86 Å². The minimum absolute atomic E-state index is 0.532. The second-order valence-corrected chi connectivity index (χ2v) is 2.54. The van der Waals surface area contributed by atoms with Crippen molar-refractivity contribution in [1.29, 1.82) is 0 Å². The Hall–Kier alpha value is -0.570. The fourth-order valence-corrected chi connectivity index (χ4v) is 1.02. The van der Waals surface area contributed by atoms with Crippen LogP contribution in [0, 0.1) is 0 Å². The van der Waals surface area contributed by atoms with Gasteiger partial charge in [0.05, 0.1) is 4.47 Å². The minimum atomic E-state index is -0.789. The zero-order valence-corrected chi connectivity index (χ0v) is 6.77. The van der Waals surface area contributed by atoms with E-state index in [1.54, 1.807) is 18.2 Å². The maximum atomic E-state index is 11.6. The van der Waals surface area contributed by atoms with E-state index in [0.29, 0.717) is 5.75 Å². The van der Waals surface area contributed by atoms with Gasteiger partial charge in [0.25, 0.3) is 0 Å². The van der Waals surface area contributed by atoms with Gasteiger partial charge in [-0.3, -0.25) is 0 Å². The summed E-state index contributed by atoms with van der Waals surface area (Å²) in [5.74, 6) is 0.532. The van der Waals surface area contributed by atoms with Crippen molar-refractivity contribution in [3.05, 3.63) is 28.7 Å². The van der Waals surface area contributed by atoms with Gasteiger partial charge < -0.3 is 4.74 Å². The monoisotopic (exact) mass is 204 g/mol. The Morgan fingerprint density at radius 3 is 2.70 bits per heavy atom. The van der Waals surface area contributed by atoms with E-state index in [0.717, 1.165) is 4.47 Å². The van der Waals surface area contributed by atoms with Gasteiger partial charge in [-0.25, -0.2) is 4.39 Å². The van der Waals surface area contributed by atoms with Crippen LogP contribution in [0.2, 0.25) is 0 Å². The highest BCUT2D eigenvalue weighted by Crippen LogP contribution is 2.23. The second-order valence-electron chi connectivity index (χ2n) is 1.68. The summed E-state index contributed by atoms with van der Waals surface area (Å²) in [5, 5.41) is 0. The molecule has 10 heavy (non-hydrogen) atoms. The second kappa shape index (κ2) is 3.56. The molecule has 0 aliphatic rings. The molecular formula is C7H6BrFO. The van der Waals surface area contributed by atoms with Crippen molar-refractivity contribution in [1.82, 2.24) is 0 Å². The highest BCUT2D eigenvalue weighted by atomic mass is 79.9. The number of hydrogen-bond acceptors (Lipinski definition) is 1. The van der Waals surface area contributed by atoms with Crippen LogP contribution in [0.5, 0.6) is 5.75 Å². The van der Waals surface area contributed by atoms with Gasteiger partial charge in [0.1, 0.15) is 5.75 Å². The van der Waals surface area contributed by atoms with Gasteiger partial charge in [-0.15, -0.1) is 0 Å². The summed E-state index contributed by atoms with van der Waals surface area (Å²) in [5.41, 5.74) is 0. The third-order valence-corrected chi connectivity index (χ3v) is 1.70. The Morgan fingerprint density at radius 2 is 2.10 bits per heavy atom. The van der Waals surface area contributed by atoms with Gasteiger partial charge in [-0.2, -0.15) is 0 Å². The molecule has 0 saturated carbocycles. The van der Waals surface area contributed by atoms with Crippen LogP contribution in [0.1, 0.15) is 0 Å². The topological polar surface area (TPSA) is 9.23 Å². The lowest BCUT2D eigenvalue weighted by Gasteiger charge is -2.01. The summed E-state index contributed by atoms with van der Waals surface area (Å²) in [6, 6.07) is 7.12. The summed E-state index contributed by atoms with van der Waals surface area (Å²) in [6.45, 7) is -0.789. The number of ether oxygens (including phenoxy) is 1. The van der Waals surface area contributed by atoms with Crippen molar-refractivity contribution >= 4 is 15.9 Å². The fourth-order valence-electron chi connectivity index (χ4n) is 0.621.